The number of esters is 1. The van der Waals surface area contributed by atoms with Gasteiger partial charge in [0.05, 0.1) is 19.6 Å². The van der Waals surface area contributed by atoms with Crippen LogP contribution in [0.25, 0.3) is 0 Å². The molecule has 5 nitrogen and oxygen atoms in total. The predicted molar refractivity (Wildman–Crippen MR) is 61.1 cm³/mol. The number of nitrogens with zero attached hydrogens (tertiary/aromatic N) is 1. The van der Waals surface area contributed by atoms with Crippen LogP contribution in [0.1, 0.15) is 12.8 Å². The van der Waals surface area contributed by atoms with Crippen molar-refractivity contribution in [2.45, 2.75) is 18.9 Å². The van der Waals surface area contributed by atoms with Crippen molar-refractivity contribution in [3.05, 3.63) is 0 Å². The van der Waals surface area contributed by atoms with Gasteiger partial charge in [0.2, 0.25) is 0 Å². The third kappa shape index (κ3) is 4.92. The summed E-state index contributed by atoms with van der Waals surface area (Å²) < 4.78 is 4.48. The van der Waals surface area contributed by atoms with Gasteiger partial charge in [-0.3, -0.25) is 4.79 Å². The van der Waals surface area contributed by atoms with Gasteiger partial charge in [0.15, 0.2) is 0 Å². The van der Waals surface area contributed by atoms with Crippen molar-refractivity contribution >= 4 is 5.97 Å². The Balaban J connectivity index is 2.04. The maximum Gasteiger partial charge on any atom is 0.308 e. The zero-order valence-electron chi connectivity index (χ0n) is 10.1. The molecule has 0 bridgehead atoms. The molecule has 2 atom stereocenters. The number of ether oxygens (including phenoxy) is 1. The molecule has 1 aliphatic rings. The lowest BCUT2D eigenvalue weighted by Crippen LogP contribution is -2.33. The monoisotopic (exact) mass is 230 g/mol. The van der Waals surface area contributed by atoms with Gasteiger partial charge in [-0.15, -0.1) is 0 Å². The molecule has 0 aromatic heterocycles. The van der Waals surface area contributed by atoms with E-state index in [-0.39, 0.29) is 12.4 Å². The summed E-state index contributed by atoms with van der Waals surface area (Å²) in [5.74, 6) is 0.297. The van der Waals surface area contributed by atoms with Gasteiger partial charge in [-0.25, -0.2) is 0 Å². The maximum atomic E-state index is 10.9. The van der Waals surface area contributed by atoms with Gasteiger partial charge in [0.25, 0.3) is 0 Å². The molecule has 0 radical (unpaired) electrons. The molecule has 0 aliphatic carbocycles. The van der Waals surface area contributed by atoms with Crippen LogP contribution in [-0.4, -0.2) is 62.4 Å². The van der Waals surface area contributed by atoms with Crippen LogP contribution in [0, 0.1) is 5.92 Å². The first-order valence-electron chi connectivity index (χ1n) is 5.76. The number of hydrogen-bond donors (Lipinski definition) is 2. The highest BCUT2D eigenvalue weighted by atomic mass is 16.5. The normalized spacial score (nSPS) is 23.3. The molecule has 1 saturated heterocycles. The lowest BCUT2D eigenvalue weighted by atomic mass is 10.1. The average molecular weight is 230 g/mol. The fourth-order valence-corrected chi connectivity index (χ4v) is 1.99. The fourth-order valence-electron chi connectivity index (χ4n) is 1.99. The first-order valence-corrected chi connectivity index (χ1v) is 5.76. The Labute approximate surface area is 96.8 Å². The molecule has 5 heteroatoms. The van der Waals surface area contributed by atoms with Crippen LogP contribution in [-0.2, 0) is 9.53 Å². The number of hydrogen-bond acceptors (Lipinski definition) is 5. The Morgan fingerprint density at radius 2 is 2.44 bits per heavy atom. The first kappa shape index (κ1) is 13.4. The summed E-state index contributed by atoms with van der Waals surface area (Å²) in [6.07, 6.45) is 0.622. The highest BCUT2D eigenvalue weighted by molar-refractivity contribution is 5.69. The zero-order valence-corrected chi connectivity index (χ0v) is 10.1. The Morgan fingerprint density at radius 3 is 3.00 bits per heavy atom. The van der Waals surface area contributed by atoms with Gasteiger partial charge in [-0.1, -0.05) is 0 Å². The molecule has 0 aromatic rings. The lowest BCUT2D eigenvalue weighted by Gasteiger charge is -2.14. The molecule has 0 saturated carbocycles. The minimum atomic E-state index is -0.647. The van der Waals surface area contributed by atoms with Crippen LogP contribution in [0.2, 0.25) is 0 Å². The summed E-state index contributed by atoms with van der Waals surface area (Å²) in [6, 6.07) is 0. The molecule has 16 heavy (non-hydrogen) atoms. The lowest BCUT2D eigenvalue weighted by molar-refractivity contribution is -0.142. The van der Waals surface area contributed by atoms with Crippen molar-refractivity contribution in [1.82, 2.24) is 10.2 Å². The smallest absolute Gasteiger partial charge is 0.308 e. The van der Waals surface area contributed by atoms with Crippen molar-refractivity contribution in [1.29, 1.82) is 0 Å². The number of likely N-dealkylation sites (tertiary alicyclic amines) is 1. The Morgan fingerprint density at radius 1 is 1.69 bits per heavy atom. The van der Waals surface area contributed by atoms with E-state index in [2.05, 4.69) is 22.0 Å². The highest BCUT2D eigenvalue weighted by Gasteiger charge is 2.19. The molecule has 1 heterocycles. The second-order valence-corrected chi connectivity index (χ2v) is 4.51. The molecule has 0 aromatic carbocycles. The number of carbonyl (C=O) groups excluding carboxylic acids is 1. The van der Waals surface area contributed by atoms with Crippen molar-refractivity contribution < 1.29 is 14.6 Å². The standard InChI is InChI=1S/C11H22N2O3/c1-13-4-3-9(8-13)6-12-7-10(14)5-11(15)16-2/h9-10,12,14H,3-8H2,1-2H3. The van der Waals surface area contributed by atoms with Gasteiger partial charge in [0, 0.05) is 13.1 Å². The van der Waals surface area contributed by atoms with Crippen LogP contribution >= 0.6 is 0 Å². The third-order valence-corrected chi connectivity index (χ3v) is 2.93. The van der Waals surface area contributed by atoms with Gasteiger partial charge in [-0.05, 0) is 32.5 Å². The Hall–Kier alpha value is -0.650. The summed E-state index contributed by atoms with van der Waals surface area (Å²) >= 11 is 0. The summed E-state index contributed by atoms with van der Waals surface area (Å²) in [5.41, 5.74) is 0. The minimum Gasteiger partial charge on any atom is -0.469 e. The maximum absolute atomic E-state index is 10.9. The van der Waals surface area contributed by atoms with Crippen molar-refractivity contribution in [2.24, 2.45) is 5.92 Å². The Kier molecular flexibility index (Phi) is 5.73. The summed E-state index contributed by atoms with van der Waals surface area (Å²) in [6.45, 7) is 3.62. The predicted octanol–water partition coefficient (Wildman–Crippen LogP) is -0.548. The quantitative estimate of drug-likeness (QED) is 0.600. The summed E-state index contributed by atoms with van der Waals surface area (Å²) in [7, 11) is 3.45. The minimum absolute atomic E-state index is 0.0636. The molecule has 2 unspecified atom stereocenters. The van der Waals surface area contributed by atoms with Crippen molar-refractivity contribution in [3.63, 3.8) is 0 Å². The van der Waals surface area contributed by atoms with Crippen LogP contribution in [0.3, 0.4) is 0 Å². The van der Waals surface area contributed by atoms with E-state index in [1.165, 1.54) is 13.5 Å². The number of methoxy groups -OCH3 is 1. The van der Waals surface area contributed by atoms with Crippen LogP contribution in [0.15, 0.2) is 0 Å². The van der Waals surface area contributed by atoms with Crippen LogP contribution in [0.5, 0.6) is 0 Å². The SMILES string of the molecule is COC(=O)CC(O)CNCC1CCN(C)C1. The molecule has 0 spiro atoms. The van der Waals surface area contributed by atoms with Gasteiger partial charge < -0.3 is 20.1 Å². The molecule has 1 rings (SSSR count). The largest absolute Gasteiger partial charge is 0.469 e. The van der Waals surface area contributed by atoms with E-state index >= 15 is 0 Å². The number of aliphatic hydroxyl groups excluding tert-OH is 1. The number of aliphatic hydroxyl groups is 1. The molecule has 2 N–H and O–H groups in total. The van der Waals surface area contributed by atoms with Crippen molar-refractivity contribution in [3.8, 4) is 0 Å². The van der Waals surface area contributed by atoms with Gasteiger partial charge >= 0.3 is 5.97 Å². The van der Waals surface area contributed by atoms with E-state index in [0.717, 1.165) is 19.6 Å². The van der Waals surface area contributed by atoms with Crippen molar-refractivity contribution in [2.75, 3.05) is 40.3 Å². The van der Waals surface area contributed by atoms with Crippen LogP contribution < -0.4 is 5.32 Å². The topological polar surface area (TPSA) is 61.8 Å². The summed E-state index contributed by atoms with van der Waals surface area (Å²) in [5, 5.41) is 12.7. The van der Waals surface area contributed by atoms with E-state index in [1.807, 2.05) is 0 Å². The third-order valence-electron chi connectivity index (χ3n) is 2.93. The fraction of sp³-hybridized carbons (Fsp3) is 0.909. The van der Waals surface area contributed by atoms with Gasteiger partial charge in [0.1, 0.15) is 0 Å². The van der Waals surface area contributed by atoms with E-state index in [4.69, 9.17) is 0 Å². The van der Waals surface area contributed by atoms with Gasteiger partial charge in [-0.2, -0.15) is 0 Å². The molecule has 1 aliphatic heterocycles. The highest BCUT2D eigenvalue weighted by Crippen LogP contribution is 2.12. The zero-order chi connectivity index (χ0) is 12.0. The molecule has 0 amide bonds. The molecule has 1 fully saturated rings. The average Bonchev–Trinajstić information content (AvgIpc) is 2.64. The van der Waals surface area contributed by atoms with E-state index in [1.54, 1.807) is 0 Å². The Bertz CT molecular complexity index is 223. The second-order valence-electron chi connectivity index (χ2n) is 4.51. The summed E-state index contributed by atoms with van der Waals surface area (Å²) in [4.78, 5) is 13.2. The number of rotatable bonds is 6. The van der Waals surface area contributed by atoms with E-state index in [0.29, 0.717) is 12.5 Å². The second kappa shape index (κ2) is 6.83. The molecular formula is C11H22N2O3. The first-order chi connectivity index (χ1) is 7.61. The van der Waals surface area contributed by atoms with Crippen LogP contribution in [0.4, 0.5) is 0 Å². The van der Waals surface area contributed by atoms with E-state index < -0.39 is 6.10 Å². The van der Waals surface area contributed by atoms with E-state index in [9.17, 15) is 9.90 Å². The molecule has 94 valence electrons. The molecular weight excluding hydrogens is 208 g/mol. The number of carbonyl (C=O) groups is 1. The number of nitrogens with one attached hydrogen (secondary N) is 1.